The number of carbonyl (C=O) groups is 1. The average molecular weight is 762 g/mol. The molecule has 4 fully saturated rings. The number of hydrogen-bond donors (Lipinski definition) is 1. The van der Waals surface area contributed by atoms with Crippen molar-refractivity contribution < 1.29 is 45.7 Å². The number of nitrogen functional groups attached to an aromatic ring is 1. The smallest absolute Gasteiger partial charge is 0.417 e. The highest BCUT2D eigenvalue weighted by atomic mass is 19.4. The molecule has 5 aliphatic heterocycles. The number of benzene rings is 1. The third kappa shape index (κ3) is 6.10. The number of rotatable bonds is 5. The molecule has 2 aromatic heterocycles. The summed E-state index contributed by atoms with van der Waals surface area (Å²) in [6.45, 7) is 10.9. The second-order valence-electron chi connectivity index (χ2n) is 15.8. The highest BCUT2D eigenvalue weighted by molar-refractivity contribution is 5.98. The molecule has 4 saturated heterocycles. The van der Waals surface area contributed by atoms with Gasteiger partial charge in [-0.25, -0.2) is 18.6 Å². The first kappa shape index (κ1) is 36.7. The van der Waals surface area contributed by atoms with Crippen LogP contribution in [0.2, 0.25) is 0 Å². The first-order valence-corrected chi connectivity index (χ1v) is 18.6. The standard InChI is InChI=1S/C37H44F5N7O5/c1-6-21-26(37(40,41)42)22(13-23(43)27(21)38)29-28(39)30-25-32(46-34(45-30)52-16-20-8-7-19-15-51-12-11-47(19)20)48-14-18-9-10-24(31(48)17(2)53-33(25)44-29)49(18)35(50)54-36(3,4)5/h13,17-20,24,31H,6-12,14-16,43H2,1-5H3/t17-,18+,19-,20-,24-,31+/m0/s1. The van der Waals surface area contributed by atoms with E-state index < -0.39 is 75.8 Å². The van der Waals surface area contributed by atoms with Crippen molar-refractivity contribution >= 4 is 28.5 Å². The van der Waals surface area contributed by atoms with E-state index in [4.69, 9.17) is 29.7 Å². The van der Waals surface area contributed by atoms with Crippen molar-refractivity contribution in [3.8, 4) is 23.1 Å². The first-order chi connectivity index (χ1) is 25.6. The number of ether oxygens (including phenoxy) is 4. The number of nitrogens with two attached hydrogens (primary N) is 1. The van der Waals surface area contributed by atoms with E-state index in [1.165, 1.54) is 6.92 Å². The topological polar surface area (TPSA) is 128 Å². The van der Waals surface area contributed by atoms with Crippen molar-refractivity contribution in [3.63, 3.8) is 0 Å². The van der Waals surface area contributed by atoms with Crippen molar-refractivity contribution in [2.24, 2.45) is 0 Å². The number of nitrogens with zero attached hydrogens (tertiary/aromatic N) is 6. The van der Waals surface area contributed by atoms with E-state index in [9.17, 15) is 18.0 Å². The number of alkyl halides is 3. The lowest BCUT2D eigenvalue weighted by Crippen LogP contribution is -2.65. The van der Waals surface area contributed by atoms with Crippen LogP contribution in [0.15, 0.2) is 6.07 Å². The molecule has 0 unspecified atom stereocenters. The molecule has 0 saturated carbocycles. The van der Waals surface area contributed by atoms with Gasteiger partial charge in [-0.1, -0.05) is 6.92 Å². The van der Waals surface area contributed by atoms with Gasteiger partial charge in [0.25, 0.3) is 0 Å². The van der Waals surface area contributed by atoms with Crippen LogP contribution in [0.25, 0.3) is 22.2 Å². The zero-order valence-corrected chi connectivity index (χ0v) is 30.8. The number of fused-ring (bicyclic) bond motifs is 6. The third-order valence-electron chi connectivity index (χ3n) is 11.3. The summed E-state index contributed by atoms with van der Waals surface area (Å²) in [6, 6.07) is -0.347. The van der Waals surface area contributed by atoms with Gasteiger partial charge in [-0.3, -0.25) is 9.80 Å². The van der Waals surface area contributed by atoms with Crippen molar-refractivity contribution in [1.29, 1.82) is 0 Å². The molecule has 5 aliphatic rings. The van der Waals surface area contributed by atoms with Crippen LogP contribution in [-0.2, 0) is 22.1 Å². The molecule has 54 heavy (non-hydrogen) atoms. The second-order valence-corrected chi connectivity index (χ2v) is 15.8. The van der Waals surface area contributed by atoms with Gasteiger partial charge in [-0.05, 0) is 65.9 Å². The molecule has 292 valence electrons. The van der Waals surface area contributed by atoms with Crippen LogP contribution in [0.3, 0.4) is 0 Å². The fourth-order valence-corrected chi connectivity index (χ4v) is 9.14. The lowest BCUT2D eigenvalue weighted by Gasteiger charge is -2.48. The van der Waals surface area contributed by atoms with Gasteiger partial charge >= 0.3 is 18.3 Å². The van der Waals surface area contributed by atoms with E-state index in [-0.39, 0.29) is 66.3 Å². The van der Waals surface area contributed by atoms with Crippen molar-refractivity contribution in [2.45, 2.75) is 115 Å². The highest BCUT2D eigenvalue weighted by Crippen LogP contribution is 2.49. The summed E-state index contributed by atoms with van der Waals surface area (Å²) in [6.07, 6.45) is -3.59. The number of halogens is 5. The van der Waals surface area contributed by atoms with Gasteiger partial charge in [0, 0.05) is 36.3 Å². The van der Waals surface area contributed by atoms with E-state index in [2.05, 4.69) is 14.9 Å². The monoisotopic (exact) mass is 761 g/mol. The Labute approximate surface area is 309 Å². The van der Waals surface area contributed by atoms with Crippen molar-refractivity contribution in [2.75, 3.05) is 43.5 Å². The molecule has 0 aliphatic carbocycles. The molecular weight excluding hydrogens is 717 g/mol. The van der Waals surface area contributed by atoms with Crippen LogP contribution >= 0.6 is 0 Å². The van der Waals surface area contributed by atoms with Crippen molar-refractivity contribution in [1.82, 2.24) is 24.8 Å². The maximum absolute atomic E-state index is 17.1. The van der Waals surface area contributed by atoms with E-state index in [0.29, 0.717) is 26.1 Å². The summed E-state index contributed by atoms with van der Waals surface area (Å²) in [5, 5.41) is 0.0523. The molecule has 8 rings (SSSR count). The third-order valence-corrected chi connectivity index (χ3v) is 11.3. The summed E-state index contributed by atoms with van der Waals surface area (Å²) >= 11 is 0. The van der Waals surface area contributed by atoms with Gasteiger partial charge in [0.15, 0.2) is 5.82 Å². The summed E-state index contributed by atoms with van der Waals surface area (Å²) in [4.78, 5) is 33.3. The fourth-order valence-electron chi connectivity index (χ4n) is 9.14. The van der Waals surface area contributed by atoms with Crippen LogP contribution in [-0.4, -0.2) is 106 Å². The van der Waals surface area contributed by atoms with Crippen LogP contribution in [0, 0.1) is 11.6 Å². The van der Waals surface area contributed by atoms with Crippen LogP contribution in [0.4, 0.5) is 38.3 Å². The van der Waals surface area contributed by atoms with E-state index in [1.54, 1.807) is 32.6 Å². The first-order valence-electron chi connectivity index (χ1n) is 18.6. The summed E-state index contributed by atoms with van der Waals surface area (Å²) in [5.41, 5.74) is 0.613. The minimum Gasteiger partial charge on any atom is -0.472 e. The Bertz CT molecular complexity index is 1990. The van der Waals surface area contributed by atoms with Gasteiger partial charge in [-0.15, -0.1) is 0 Å². The molecule has 12 nitrogen and oxygen atoms in total. The van der Waals surface area contributed by atoms with Gasteiger partial charge in [0.05, 0.1) is 42.6 Å². The Morgan fingerprint density at radius 2 is 1.81 bits per heavy atom. The molecule has 0 radical (unpaired) electrons. The van der Waals surface area contributed by atoms with E-state index in [1.807, 2.05) is 4.90 Å². The molecule has 17 heteroatoms. The Balaban J connectivity index is 1.28. The Kier molecular flexibility index (Phi) is 8.98. The predicted molar refractivity (Wildman–Crippen MR) is 187 cm³/mol. The number of aromatic nitrogens is 3. The number of hydrogen-bond acceptors (Lipinski definition) is 11. The van der Waals surface area contributed by atoms with Crippen LogP contribution < -0.4 is 20.1 Å². The second kappa shape index (κ2) is 13.2. The quantitative estimate of drug-likeness (QED) is 0.239. The maximum atomic E-state index is 17.1. The lowest BCUT2D eigenvalue weighted by atomic mass is 9.94. The zero-order chi connectivity index (χ0) is 38.4. The number of morpholine rings is 1. The zero-order valence-electron chi connectivity index (χ0n) is 30.8. The number of amides is 1. The van der Waals surface area contributed by atoms with Crippen molar-refractivity contribution in [3.05, 3.63) is 28.8 Å². The molecule has 1 amide bonds. The molecular formula is C37H44F5N7O5. The average Bonchev–Trinajstić information content (AvgIpc) is 3.63. The Morgan fingerprint density at radius 3 is 2.54 bits per heavy atom. The molecule has 0 spiro atoms. The van der Waals surface area contributed by atoms with Gasteiger partial charge in [0.2, 0.25) is 5.88 Å². The summed E-state index contributed by atoms with van der Waals surface area (Å²) in [5.74, 6) is -2.39. The molecule has 2 N–H and O–H groups in total. The SMILES string of the molecule is CCc1c(F)c(N)cc(-c2nc3c4c(nc(OC[C@@H]5CC[C@H]6COCCN65)nc4c2F)N2C[C@H]4CC[C@@H]([C@H]2[C@H](C)O3)N4C(=O)OC(C)(C)C)c1C(F)(F)F. The van der Waals surface area contributed by atoms with Crippen LogP contribution in [0.1, 0.15) is 71.4 Å². The minimum atomic E-state index is -5.09. The Hall–Kier alpha value is -4.25. The number of piperazine rings is 1. The van der Waals surface area contributed by atoms with E-state index >= 15 is 8.78 Å². The Morgan fingerprint density at radius 1 is 1.06 bits per heavy atom. The number of pyridine rings is 1. The van der Waals surface area contributed by atoms with Gasteiger partial charge in [0.1, 0.15) is 46.5 Å². The lowest BCUT2D eigenvalue weighted by molar-refractivity contribution is -0.137. The normalized spacial score (nSPS) is 26.7. The fraction of sp³-hybridized carbons (Fsp3) is 0.622. The summed E-state index contributed by atoms with van der Waals surface area (Å²) < 4.78 is 101. The molecule has 1 aromatic carbocycles. The highest BCUT2D eigenvalue weighted by Gasteiger charge is 2.54. The van der Waals surface area contributed by atoms with E-state index in [0.717, 1.165) is 25.5 Å². The number of anilines is 2. The molecule has 6 atom stereocenters. The molecule has 2 bridgehead atoms. The predicted octanol–water partition coefficient (Wildman–Crippen LogP) is 6.11. The largest absolute Gasteiger partial charge is 0.472 e. The number of carbonyl (C=O) groups excluding carboxylic acids is 1. The molecule has 7 heterocycles. The van der Waals surface area contributed by atoms with Gasteiger partial charge in [-0.2, -0.15) is 23.1 Å². The molecule has 3 aromatic rings. The van der Waals surface area contributed by atoms with Crippen LogP contribution in [0.5, 0.6) is 11.9 Å². The summed E-state index contributed by atoms with van der Waals surface area (Å²) in [7, 11) is 0. The minimum absolute atomic E-state index is 0.0269. The van der Waals surface area contributed by atoms with Gasteiger partial charge < -0.3 is 29.6 Å². The maximum Gasteiger partial charge on any atom is 0.417 e.